The molecule has 7 nitrogen and oxygen atoms in total. The number of hydrogen-bond donors (Lipinski definition) is 0. The smallest absolute Gasteiger partial charge is 0.270 e. The molecule has 1 aromatic heterocycles. The van der Waals surface area contributed by atoms with E-state index in [1.165, 1.54) is 17.4 Å². The molecule has 0 aliphatic carbocycles. The van der Waals surface area contributed by atoms with E-state index >= 15 is 0 Å². The van der Waals surface area contributed by atoms with Crippen LogP contribution in [0.3, 0.4) is 0 Å². The molecule has 2 aromatic carbocycles. The van der Waals surface area contributed by atoms with E-state index in [0.29, 0.717) is 26.2 Å². The maximum atomic E-state index is 12.9. The zero-order chi connectivity index (χ0) is 19.8. The van der Waals surface area contributed by atoms with Crippen molar-refractivity contribution in [2.75, 3.05) is 31.1 Å². The molecular weight excluding hydrogens is 376 g/mol. The Labute approximate surface area is 166 Å². The molecule has 1 aliphatic heterocycles. The highest BCUT2D eigenvalue weighted by molar-refractivity contribution is 7.22. The first-order valence-electron chi connectivity index (χ1n) is 9.09. The van der Waals surface area contributed by atoms with Crippen LogP contribution in [0.1, 0.15) is 21.5 Å². The third-order valence-electron chi connectivity index (χ3n) is 5.03. The van der Waals surface area contributed by atoms with Crippen LogP contribution in [0.25, 0.3) is 10.2 Å². The molecule has 0 radical (unpaired) electrons. The van der Waals surface area contributed by atoms with Gasteiger partial charge in [0.15, 0.2) is 5.13 Å². The number of benzene rings is 2. The number of piperazine rings is 1. The summed E-state index contributed by atoms with van der Waals surface area (Å²) in [4.78, 5) is 32.1. The maximum Gasteiger partial charge on any atom is 0.270 e. The molecular formula is C20H20N4O3S. The van der Waals surface area contributed by atoms with Gasteiger partial charge in [-0.2, -0.15) is 0 Å². The van der Waals surface area contributed by atoms with Gasteiger partial charge in [-0.05, 0) is 31.5 Å². The summed E-state index contributed by atoms with van der Waals surface area (Å²) in [7, 11) is 0. The molecule has 28 heavy (non-hydrogen) atoms. The van der Waals surface area contributed by atoms with Crippen molar-refractivity contribution in [1.82, 2.24) is 9.88 Å². The van der Waals surface area contributed by atoms with E-state index in [1.807, 2.05) is 36.9 Å². The Balaban J connectivity index is 1.48. The van der Waals surface area contributed by atoms with Crippen LogP contribution in [0.4, 0.5) is 10.8 Å². The van der Waals surface area contributed by atoms with Gasteiger partial charge < -0.3 is 9.80 Å². The maximum absolute atomic E-state index is 12.9. The summed E-state index contributed by atoms with van der Waals surface area (Å²) in [6.45, 7) is 6.59. The number of rotatable bonds is 3. The van der Waals surface area contributed by atoms with Crippen molar-refractivity contribution in [2.45, 2.75) is 13.8 Å². The molecule has 0 atom stereocenters. The number of nitro groups is 1. The van der Waals surface area contributed by atoms with Crippen LogP contribution >= 0.6 is 11.3 Å². The molecule has 2 heterocycles. The summed E-state index contributed by atoms with van der Waals surface area (Å²) in [5, 5.41) is 11.8. The second kappa shape index (κ2) is 7.20. The molecule has 8 heteroatoms. The van der Waals surface area contributed by atoms with Gasteiger partial charge in [-0.15, -0.1) is 0 Å². The standard InChI is InChI=1S/C20H20N4O3S/c1-13-3-4-14(2)16(11-13)19(25)22-7-9-23(10-8-22)20-21-17-6-5-15(24(26)27)12-18(17)28-20/h3-6,11-12H,7-10H2,1-2H3. The average molecular weight is 396 g/mol. The largest absolute Gasteiger partial charge is 0.345 e. The lowest BCUT2D eigenvalue weighted by Crippen LogP contribution is -2.48. The number of amides is 1. The van der Waals surface area contributed by atoms with E-state index in [2.05, 4.69) is 9.88 Å². The van der Waals surface area contributed by atoms with E-state index in [0.717, 1.165) is 32.0 Å². The fourth-order valence-corrected chi connectivity index (χ4v) is 4.44. The lowest BCUT2D eigenvalue weighted by atomic mass is 10.0. The van der Waals surface area contributed by atoms with Crippen LogP contribution in [0.2, 0.25) is 0 Å². The zero-order valence-electron chi connectivity index (χ0n) is 15.7. The Kier molecular flexibility index (Phi) is 4.72. The Morgan fingerprint density at radius 3 is 2.57 bits per heavy atom. The monoisotopic (exact) mass is 396 g/mol. The van der Waals surface area contributed by atoms with Crippen LogP contribution in [-0.4, -0.2) is 46.9 Å². The number of non-ortho nitro benzene ring substituents is 1. The second-order valence-electron chi connectivity index (χ2n) is 7.00. The predicted octanol–water partition coefficient (Wildman–Crippen LogP) is 3.78. The van der Waals surface area contributed by atoms with E-state index in [4.69, 9.17) is 0 Å². The van der Waals surface area contributed by atoms with Crippen molar-refractivity contribution in [3.8, 4) is 0 Å². The van der Waals surface area contributed by atoms with Gasteiger partial charge in [-0.25, -0.2) is 4.98 Å². The molecule has 0 saturated carbocycles. The molecule has 0 unspecified atom stereocenters. The lowest BCUT2D eigenvalue weighted by Gasteiger charge is -2.34. The van der Waals surface area contributed by atoms with E-state index in [9.17, 15) is 14.9 Å². The number of aromatic nitrogens is 1. The van der Waals surface area contributed by atoms with Crippen molar-refractivity contribution in [3.05, 3.63) is 63.2 Å². The number of thiazole rings is 1. The van der Waals surface area contributed by atoms with Gasteiger partial charge in [0.25, 0.3) is 11.6 Å². The van der Waals surface area contributed by atoms with E-state index in [-0.39, 0.29) is 11.6 Å². The van der Waals surface area contributed by atoms with Gasteiger partial charge in [0.1, 0.15) is 0 Å². The molecule has 0 N–H and O–H groups in total. The second-order valence-corrected chi connectivity index (χ2v) is 8.01. The fourth-order valence-electron chi connectivity index (χ4n) is 3.39. The quantitative estimate of drug-likeness (QED) is 0.497. The minimum absolute atomic E-state index is 0.0702. The highest BCUT2D eigenvalue weighted by Crippen LogP contribution is 2.32. The number of carbonyl (C=O) groups excluding carboxylic acids is 1. The summed E-state index contributed by atoms with van der Waals surface area (Å²) >= 11 is 1.45. The normalized spacial score (nSPS) is 14.5. The van der Waals surface area contributed by atoms with Crippen molar-refractivity contribution in [1.29, 1.82) is 0 Å². The number of nitrogens with zero attached hydrogens (tertiary/aromatic N) is 4. The van der Waals surface area contributed by atoms with Crippen molar-refractivity contribution >= 4 is 38.3 Å². The number of anilines is 1. The molecule has 144 valence electrons. The van der Waals surface area contributed by atoms with E-state index < -0.39 is 4.92 Å². The minimum Gasteiger partial charge on any atom is -0.345 e. The van der Waals surface area contributed by atoms with Gasteiger partial charge in [-0.3, -0.25) is 14.9 Å². The summed E-state index contributed by atoms with van der Waals surface area (Å²) in [6.07, 6.45) is 0. The van der Waals surface area contributed by atoms with Crippen molar-refractivity contribution < 1.29 is 9.72 Å². The first-order chi connectivity index (χ1) is 13.4. The zero-order valence-corrected chi connectivity index (χ0v) is 16.5. The molecule has 0 bridgehead atoms. The topological polar surface area (TPSA) is 79.6 Å². The molecule has 3 aromatic rings. The molecule has 1 fully saturated rings. The molecule has 4 rings (SSSR count). The van der Waals surface area contributed by atoms with Crippen LogP contribution < -0.4 is 4.90 Å². The lowest BCUT2D eigenvalue weighted by molar-refractivity contribution is -0.384. The average Bonchev–Trinajstić information content (AvgIpc) is 3.12. The molecule has 1 aliphatic rings. The Morgan fingerprint density at radius 2 is 1.86 bits per heavy atom. The minimum atomic E-state index is -0.392. The molecule has 1 amide bonds. The number of aryl methyl sites for hydroxylation is 2. The Morgan fingerprint density at radius 1 is 1.11 bits per heavy atom. The van der Waals surface area contributed by atoms with Crippen LogP contribution in [0.15, 0.2) is 36.4 Å². The number of hydrogen-bond acceptors (Lipinski definition) is 6. The van der Waals surface area contributed by atoms with Gasteiger partial charge in [0.05, 0.1) is 15.1 Å². The van der Waals surface area contributed by atoms with Gasteiger partial charge in [0.2, 0.25) is 0 Å². The van der Waals surface area contributed by atoms with E-state index in [1.54, 1.807) is 12.1 Å². The number of carbonyl (C=O) groups is 1. The van der Waals surface area contributed by atoms with Crippen molar-refractivity contribution in [3.63, 3.8) is 0 Å². The molecule has 1 saturated heterocycles. The molecule has 0 spiro atoms. The predicted molar refractivity (Wildman–Crippen MR) is 110 cm³/mol. The highest BCUT2D eigenvalue weighted by atomic mass is 32.1. The van der Waals surface area contributed by atoms with Crippen LogP contribution in [0.5, 0.6) is 0 Å². The van der Waals surface area contributed by atoms with Gasteiger partial charge in [-0.1, -0.05) is 29.0 Å². The SMILES string of the molecule is Cc1ccc(C)c(C(=O)N2CCN(c3nc4ccc([N+](=O)[O-])cc4s3)CC2)c1. The summed E-state index contributed by atoms with van der Waals surface area (Å²) in [5.74, 6) is 0.0702. The first-order valence-corrected chi connectivity index (χ1v) is 9.90. The number of fused-ring (bicyclic) bond motifs is 1. The van der Waals surface area contributed by atoms with Gasteiger partial charge >= 0.3 is 0 Å². The Hall–Kier alpha value is -3.00. The third-order valence-corrected chi connectivity index (χ3v) is 6.11. The first kappa shape index (κ1) is 18.4. The highest BCUT2D eigenvalue weighted by Gasteiger charge is 2.25. The summed E-state index contributed by atoms with van der Waals surface area (Å²) < 4.78 is 0.804. The third kappa shape index (κ3) is 3.43. The van der Waals surface area contributed by atoms with Gasteiger partial charge in [0, 0.05) is 43.9 Å². The van der Waals surface area contributed by atoms with Crippen LogP contribution in [-0.2, 0) is 0 Å². The summed E-state index contributed by atoms with van der Waals surface area (Å²) in [5.41, 5.74) is 3.67. The van der Waals surface area contributed by atoms with Crippen LogP contribution in [0, 0.1) is 24.0 Å². The van der Waals surface area contributed by atoms with Crippen molar-refractivity contribution in [2.24, 2.45) is 0 Å². The number of nitro benzene ring substituents is 1. The Bertz CT molecular complexity index is 1070. The fraction of sp³-hybridized carbons (Fsp3) is 0.300. The summed E-state index contributed by atoms with van der Waals surface area (Å²) in [6, 6.07) is 10.7.